The number of methoxy groups -OCH3 is 1. The van der Waals surface area contributed by atoms with Crippen LogP contribution in [0.2, 0.25) is 5.02 Å². The third-order valence-corrected chi connectivity index (χ3v) is 7.61. The van der Waals surface area contributed by atoms with Crippen molar-refractivity contribution in [1.82, 2.24) is 10.2 Å². The molecule has 0 aliphatic rings. The first kappa shape index (κ1) is 31.9. The van der Waals surface area contributed by atoms with Gasteiger partial charge in [-0.25, -0.2) is 12.8 Å². The number of anilines is 1. The Morgan fingerprint density at radius 2 is 1.66 bits per heavy atom. The van der Waals surface area contributed by atoms with Crippen molar-refractivity contribution in [1.29, 1.82) is 0 Å². The van der Waals surface area contributed by atoms with E-state index in [4.69, 9.17) is 16.3 Å². The number of rotatable bonds is 11. The van der Waals surface area contributed by atoms with Crippen molar-refractivity contribution in [3.63, 3.8) is 0 Å². The van der Waals surface area contributed by atoms with Crippen molar-refractivity contribution >= 4 is 39.1 Å². The number of ether oxygens (including phenoxy) is 1. The van der Waals surface area contributed by atoms with Gasteiger partial charge in [0.1, 0.15) is 24.2 Å². The number of carbonyl (C=O) groups excluding carboxylic acids is 2. The van der Waals surface area contributed by atoms with Crippen LogP contribution in [0.1, 0.15) is 31.9 Å². The largest absolute Gasteiger partial charge is 0.495 e. The van der Waals surface area contributed by atoms with E-state index in [1.54, 1.807) is 6.07 Å². The first-order chi connectivity index (χ1) is 19.2. The maximum atomic E-state index is 14.8. The molecule has 0 spiro atoms. The summed E-state index contributed by atoms with van der Waals surface area (Å²) >= 11 is 6.25. The molecule has 11 heteroatoms. The molecule has 220 valence electrons. The average molecular weight is 604 g/mol. The van der Waals surface area contributed by atoms with Gasteiger partial charge in [-0.05, 0) is 50.6 Å². The van der Waals surface area contributed by atoms with Crippen molar-refractivity contribution in [2.24, 2.45) is 0 Å². The van der Waals surface area contributed by atoms with Gasteiger partial charge in [0.25, 0.3) is 0 Å². The molecule has 0 aliphatic heterocycles. The summed E-state index contributed by atoms with van der Waals surface area (Å²) in [6.07, 6.45) is 1.09. The number of hydrogen-bond donors (Lipinski definition) is 1. The van der Waals surface area contributed by atoms with Crippen LogP contribution in [0.3, 0.4) is 0 Å². The van der Waals surface area contributed by atoms with Crippen LogP contribution in [-0.2, 0) is 32.6 Å². The van der Waals surface area contributed by atoms with Crippen LogP contribution in [0, 0.1) is 5.82 Å². The van der Waals surface area contributed by atoms with Crippen LogP contribution in [0.5, 0.6) is 5.75 Å². The Morgan fingerprint density at radius 1 is 1.02 bits per heavy atom. The van der Waals surface area contributed by atoms with Crippen LogP contribution in [-0.4, -0.2) is 56.6 Å². The Hall–Kier alpha value is -3.63. The number of benzene rings is 3. The summed E-state index contributed by atoms with van der Waals surface area (Å²) in [6.45, 7) is 4.52. The van der Waals surface area contributed by atoms with Crippen LogP contribution in [0.15, 0.2) is 72.8 Å². The fraction of sp³-hybridized carbons (Fsp3) is 0.333. The molecule has 0 saturated heterocycles. The molecule has 1 atom stereocenters. The lowest BCUT2D eigenvalue weighted by Crippen LogP contribution is -2.56. The van der Waals surface area contributed by atoms with Crippen molar-refractivity contribution in [3.05, 3.63) is 94.8 Å². The quantitative estimate of drug-likeness (QED) is 0.339. The summed E-state index contributed by atoms with van der Waals surface area (Å²) in [5.74, 6) is -1.37. The topological polar surface area (TPSA) is 96.0 Å². The van der Waals surface area contributed by atoms with Crippen molar-refractivity contribution in [2.45, 2.75) is 45.3 Å². The predicted octanol–water partition coefficient (Wildman–Crippen LogP) is 4.81. The van der Waals surface area contributed by atoms with Gasteiger partial charge in [-0.1, -0.05) is 60.1 Å². The molecular weight excluding hydrogens is 569 g/mol. The number of hydrogen-bond acceptors (Lipinski definition) is 5. The average Bonchev–Trinajstić information content (AvgIpc) is 2.89. The third kappa shape index (κ3) is 8.93. The van der Waals surface area contributed by atoms with E-state index in [0.29, 0.717) is 5.75 Å². The zero-order valence-corrected chi connectivity index (χ0v) is 25.3. The van der Waals surface area contributed by atoms with E-state index < -0.39 is 45.8 Å². The molecule has 1 N–H and O–H groups in total. The highest BCUT2D eigenvalue weighted by atomic mass is 35.5. The molecule has 0 aliphatic carbocycles. The molecule has 0 fully saturated rings. The number of sulfonamides is 1. The zero-order valence-electron chi connectivity index (χ0n) is 23.7. The molecule has 0 saturated carbocycles. The van der Waals surface area contributed by atoms with Gasteiger partial charge in [0, 0.05) is 24.1 Å². The summed E-state index contributed by atoms with van der Waals surface area (Å²) in [7, 11) is -2.56. The highest BCUT2D eigenvalue weighted by Gasteiger charge is 2.34. The molecule has 0 radical (unpaired) electrons. The molecule has 2 amide bonds. The van der Waals surface area contributed by atoms with Crippen LogP contribution in [0.25, 0.3) is 0 Å². The predicted molar refractivity (Wildman–Crippen MR) is 159 cm³/mol. The van der Waals surface area contributed by atoms with E-state index in [1.165, 1.54) is 48.4 Å². The fourth-order valence-electron chi connectivity index (χ4n) is 4.24. The van der Waals surface area contributed by atoms with Gasteiger partial charge in [-0.2, -0.15) is 0 Å². The van der Waals surface area contributed by atoms with Gasteiger partial charge in [-0.15, -0.1) is 0 Å². The first-order valence-electron chi connectivity index (χ1n) is 12.9. The fourth-order valence-corrected chi connectivity index (χ4v) is 5.33. The van der Waals surface area contributed by atoms with Crippen LogP contribution >= 0.6 is 11.6 Å². The van der Waals surface area contributed by atoms with Gasteiger partial charge in [0.05, 0.1) is 24.1 Å². The molecule has 0 aromatic heterocycles. The highest BCUT2D eigenvalue weighted by molar-refractivity contribution is 7.92. The summed E-state index contributed by atoms with van der Waals surface area (Å²) in [5.41, 5.74) is 0.462. The minimum atomic E-state index is -3.99. The standard InChI is InChI=1S/C30H35ClFN3O5S/c1-30(2,3)33-29(37)26(17-21-11-7-6-8-12-21)34(19-22-13-9-10-14-25(22)32)28(36)20-35(41(5,38)39)23-15-16-27(40-4)24(31)18-23/h6-16,18,26H,17,19-20H2,1-5H3,(H,33,37). The summed E-state index contributed by atoms with van der Waals surface area (Å²) in [4.78, 5) is 29.0. The van der Waals surface area contributed by atoms with E-state index >= 15 is 0 Å². The van der Waals surface area contributed by atoms with E-state index in [0.717, 1.165) is 16.1 Å². The zero-order chi connectivity index (χ0) is 30.4. The Bertz CT molecular complexity index is 1480. The Kier molecular flexibility index (Phi) is 10.4. The Labute approximate surface area is 246 Å². The molecule has 3 aromatic rings. The summed E-state index contributed by atoms with van der Waals surface area (Å²) < 4.78 is 46.7. The lowest BCUT2D eigenvalue weighted by atomic mass is 10.0. The van der Waals surface area contributed by atoms with Gasteiger partial charge in [0.2, 0.25) is 21.8 Å². The third-order valence-electron chi connectivity index (χ3n) is 6.17. The van der Waals surface area contributed by atoms with E-state index in [2.05, 4.69) is 5.32 Å². The molecule has 0 bridgehead atoms. The van der Waals surface area contributed by atoms with Crippen LogP contribution in [0.4, 0.5) is 10.1 Å². The molecule has 8 nitrogen and oxygen atoms in total. The second-order valence-corrected chi connectivity index (χ2v) is 13.0. The molecule has 41 heavy (non-hydrogen) atoms. The summed E-state index contributed by atoms with van der Waals surface area (Å²) in [5, 5.41) is 3.07. The van der Waals surface area contributed by atoms with Crippen molar-refractivity contribution < 1.29 is 27.1 Å². The van der Waals surface area contributed by atoms with Gasteiger partial charge in [-0.3, -0.25) is 13.9 Å². The molecular formula is C30H35ClFN3O5S. The number of amides is 2. The van der Waals surface area contributed by atoms with E-state index in [9.17, 15) is 22.4 Å². The van der Waals surface area contributed by atoms with Gasteiger partial charge in [0.15, 0.2) is 0 Å². The molecule has 3 aromatic carbocycles. The van der Waals surface area contributed by atoms with Crippen LogP contribution < -0.4 is 14.4 Å². The maximum Gasteiger partial charge on any atom is 0.244 e. The molecule has 0 heterocycles. The second-order valence-electron chi connectivity index (χ2n) is 10.6. The Morgan fingerprint density at radius 3 is 2.22 bits per heavy atom. The Balaban J connectivity index is 2.09. The normalized spacial score (nSPS) is 12.4. The van der Waals surface area contributed by atoms with E-state index in [-0.39, 0.29) is 29.2 Å². The number of nitrogens with one attached hydrogen (secondary N) is 1. The van der Waals surface area contributed by atoms with Gasteiger partial charge >= 0.3 is 0 Å². The smallest absolute Gasteiger partial charge is 0.244 e. The highest BCUT2D eigenvalue weighted by Crippen LogP contribution is 2.30. The second kappa shape index (κ2) is 13.4. The van der Waals surface area contributed by atoms with Gasteiger partial charge < -0.3 is 15.0 Å². The van der Waals surface area contributed by atoms with E-state index in [1.807, 2.05) is 51.1 Å². The summed E-state index contributed by atoms with van der Waals surface area (Å²) in [6, 6.07) is 18.3. The van der Waals surface area contributed by atoms with Crippen molar-refractivity contribution in [3.8, 4) is 5.75 Å². The monoisotopic (exact) mass is 603 g/mol. The number of halogens is 2. The lowest BCUT2D eigenvalue weighted by molar-refractivity contribution is -0.140. The molecule has 3 rings (SSSR count). The first-order valence-corrected chi connectivity index (χ1v) is 15.1. The maximum absolute atomic E-state index is 14.8. The minimum absolute atomic E-state index is 0.121. The number of nitrogens with zero attached hydrogens (tertiary/aromatic N) is 2. The minimum Gasteiger partial charge on any atom is -0.495 e. The SMILES string of the molecule is COc1ccc(N(CC(=O)N(Cc2ccccc2F)C(Cc2ccccc2)C(=O)NC(C)(C)C)S(C)(=O)=O)cc1Cl. The molecule has 1 unspecified atom stereocenters. The lowest BCUT2D eigenvalue weighted by Gasteiger charge is -2.35. The van der Waals surface area contributed by atoms with Crippen molar-refractivity contribution in [2.75, 3.05) is 24.2 Å². The number of carbonyl (C=O) groups is 2.